The molecule has 0 saturated heterocycles. The second kappa shape index (κ2) is 4.28. The van der Waals surface area contributed by atoms with Crippen LogP contribution in [0.5, 0.6) is 0 Å². The van der Waals surface area contributed by atoms with E-state index in [0.717, 1.165) is 6.42 Å². The van der Waals surface area contributed by atoms with E-state index >= 15 is 0 Å². The van der Waals surface area contributed by atoms with Crippen molar-refractivity contribution < 1.29 is 23.4 Å². The number of hydrogen-bond acceptors (Lipinski definition) is 2. The van der Waals surface area contributed by atoms with Crippen LogP contribution in [0.2, 0.25) is 0 Å². The van der Waals surface area contributed by atoms with Gasteiger partial charge in [0.15, 0.2) is 0 Å². The molecule has 0 heterocycles. The predicted molar refractivity (Wildman–Crippen MR) is 54.3 cm³/mol. The summed E-state index contributed by atoms with van der Waals surface area (Å²) in [4.78, 5) is 10.3. The number of aliphatic carboxylic acids is 1. The number of alkyl halides is 2. The first-order valence-corrected chi connectivity index (χ1v) is 5.41. The molecule has 2 atom stereocenters. The molecular formula is C11H18F2O3. The van der Waals surface area contributed by atoms with E-state index < -0.39 is 18.2 Å². The van der Waals surface area contributed by atoms with E-state index in [2.05, 4.69) is 4.74 Å². The minimum atomic E-state index is -4.07. The van der Waals surface area contributed by atoms with Crippen LogP contribution in [0.1, 0.15) is 40.0 Å². The molecule has 0 radical (unpaired) electrons. The third kappa shape index (κ3) is 3.40. The Bertz CT molecular complexity index is 276. The van der Waals surface area contributed by atoms with Crippen LogP contribution in [0.15, 0.2) is 0 Å². The summed E-state index contributed by atoms with van der Waals surface area (Å²) in [5.41, 5.74) is -0.0725. The first-order valence-electron chi connectivity index (χ1n) is 5.41. The third-order valence-electron chi connectivity index (χ3n) is 2.91. The summed E-state index contributed by atoms with van der Waals surface area (Å²) >= 11 is 0. The molecule has 1 aliphatic rings. The van der Waals surface area contributed by atoms with Crippen LogP contribution in [0.25, 0.3) is 0 Å². The maximum absolute atomic E-state index is 12.9. The highest BCUT2D eigenvalue weighted by Gasteiger charge is 2.45. The smallest absolute Gasteiger partial charge is 0.456 e. The number of ether oxygens (including phenoxy) is 1. The molecule has 3 nitrogen and oxygen atoms in total. The van der Waals surface area contributed by atoms with Crippen molar-refractivity contribution in [3.05, 3.63) is 0 Å². The molecule has 1 N–H and O–H groups in total. The number of halogens is 2. The normalized spacial score (nSPS) is 30.1. The quantitative estimate of drug-likeness (QED) is 0.819. The van der Waals surface area contributed by atoms with E-state index in [1.807, 2.05) is 20.8 Å². The van der Waals surface area contributed by atoms with Gasteiger partial charge in [-0.3, -0.25) is 0 Å². The van der Waals surface area contributed by atoms with Crippen LogP contribution < -0.4 is 0 Å². The fraction of sp³-hybridized carbons (Fsp3) is 0.909. The molecule has 0 aromatic heterocycles. The Kier molecular flexibility index (Phi) is 3.57. The van der Waals surface area contributed by atoms with E-state index in [-0.39, 0.29) is 11.3 Å². The van der Waals surface area contributed by atoms with Crippen LogP contribution >= 0.6 is 0 Å². The van der Waals surface area contributed by atoms with Crippen LogP contribution in [0.3, 0.4) is 0 Å². The SMILES string of the molecule is CC1CC(OC(F)(F)C(=O)O)CC(C)(C)C1. The van der Waals surface area contributed by atoms with Crippen molar-refractivity contribution in [2.24, 2.45) is 11.3 Å². The van der Waals surface area contributed by atoms with Gasteiger partial charge in [-0.25, -0.2) is 4.79 Å². The molecule has 94 valence electrons. The minimum Gasteiger partial charge on any atom is -0.475 e. The summed E-state index contributed by atoms with van der Waals surface area (Å²) in [6, 6.07) is 0. The van der Waals surface area contributed by atoms with Crippen LogP contribution in [-0.2, 0) is 9.53 Å². The van der Waals surface area contributed by atoms with Crippen molar-refractivity contribution >= 4 is 5.97 Å². The lowest BCUT2D eigenvalue weighted by Crippen LogP contribution is -2.41. The minimum absolute atomic E-state index is 0.0725. The Hall–Kier alpha value is -0.710. The van der Waals surface area contributed by atoms with Gasteiger partial charge in [-0.1, -0.05) is 20.8 Å². The largest absolute Gasteiger partial charge is 0.475 e. The van der Waals surface area contributed by atoms with Gasteiger partial charge in [0.1, 0.15) is 0 Å². The average Bonchev–Trinajstić information content (AvgIpc) is 1.97. The number of hydrogen-bond donors (Lipinski definition) is 1. The molecule has 2 unspecified atom stereocenters. The van der Waals surface area contributed by atoms with E-state index in [9.17, 15) is 13.6 Å². The van der Waals surface area contributed by atoms with E-state index in [4.69, 9.17) is 5.11 Å². The molecule has 1 rings (SSSR count). The Morgan fingerprint density at radius 1 is 1.44 bits per heavy atom. The maximum atomic E-state index is 12.9. The maximum Gasteiger partial charge on any atom is 0.456 e. The zero-order valence-electron chi connectivity index (χ0n) is 9.80. The first kappa shape index (κ1) is 13.4. The number of rotatable bonds is 3. The zero-order valence-corrected chi connectivity index (χ0v) is 9.80. The van der Waals surface area contributed by atoms with Gasteiger partial charge >= 0.3 is 12.1 Å². The summed E-state index contributed by atoms with van der Waals surface area (Å²) in [5.74, 6) is -1.94. The lowest BCUT2D eigenvalue weighted by molar-refractivity contribution is -0.270. The molecule has 0 bridgehead atoms. The van der Waals surface area contributed by atoms with Crippen molar-refractivity contribution in [1.82, 2.24) is 0 Å². The van der Waals surface area contributed by atoms with E-state index in [1.165, 1.54) is 0 Å². The van der Waals surface area contributed by atoms with Crippen molar-refractivity contribution in [2.75, 3.05) is 0 Å². The fourth-order valence-corrected chi connectivity index (χ4v) is 2.61. The molecule has 1 aliphatic carbocycles. The lowest BCUT2D eigenvalue weighted by atomic mass is 9.71. The van der Waals surface area contributed by atoms with Crippen molar-refractivity contribution in [3.8, 4) is 0 Å². The average molecular weight is 236 g/mol. The molecule has 0 aromatic carbocycles. The molecule has 16 heavy (non-hydrogen) atoms. The lowest BCUT2D eigenvalue weighted by Gasteiger charge is -2.39. The van der Waals surface area contributed by atoms with Crippen molar-refractivity contribution in [1.29, 1.82) is 0 Å². The van der Waals surface area contributed by atoms with Crippen molar-refractivity contribution in [2.45, 2.75) is 52.2 Å². The predicted octanol–water partition coefficient (Wildman–Crippen LogP) is 2.90. The highest BCUT2D eigenvalue weighted by atomic mass is 19.3. The Morgan fingerprint density at radius 3 is 2.44 bits per heavy atom. The van der Waals surface area contributed by atoms with Gasteiger partial charge in [-0.05, 0) is 30.6 Å². The number of carboxylic acid groups (broad SMARTS) is 1. The highest BCUT2D eigenvalue weighted by molar-refractivity contribution is 5.73. The second-order valence-electron chi connectivity index (χ2n) is 5.48. The van der Waals surface area contributed by atoms with Gasteiger partial charge < -0.3 is 9.84 Å². The summed E-state index contributed by atoms with van der Waals surface area (Å²) < 4.78 is 30.2. The number of carbonyl (C=O) groups is 1. The molecule has 5 heteroatoms. The third-order valence-corrected chi connectivity index (χ3v) is 2.91. The van der Waals surface area contributed by atoms with Gasteiger partial charge in [0.25, 0.3) is 0 Å². The summed E-state index contributed by atoms with van der Waals surface area (Å²) in [6.07, 6.45) is -2.83. The van der Waals surface area contributed by atoms with E-state index in [0.29, 0.717) is 12.8 Å². The summed E-state index contributed by atoms with van der Waals surface area (Å²) in [5, 5.41) is 8.29. The number of carboxylic acids is 1. The van der Waals surface area contributed by atoms with Gasteiger partial charge in [0.2, 0.25) is 0 Å². The first-order chi connectivity index (χ1) is 7.12. The monoisotopic (exact) mass is 236 g/mol. The molecule has 0 spiro atoms. The molecule has 0 aromatic rings. The van der Waals surface area contributed by atoms with Gasteiger partial charge in [-0.15, -0.1) is 0 Å². The van der Waals surface area contributed by atoms with Gasteiger partial charge in [0.05, 0.1) is 6.10 Å². The highest BCUT2D eigenvalue weighted by Crippen LogP contribution is 2.41. The topological polar surface area (TPSA) is 46.5 Å². The summed E-state index contributed by atoms with van der Waals surface area (Å²) in [7, 11) is 0. The second-order valence-corrected chi connectivity index (χ2v) is 5.48. The van der Waals surface area contributed by atoms with Crippen molar-refractivity contribution in [3.63, 3.8) is 0 Å². The zero-order chi connectivity index (χ0) is 12.6. The molecule has 0 aliphatic heterocycles. The fourth-order valence-electron chi connectivity index (χ4n) is 2.61. The Morgan fingerprint density at radius 2 is 2.00 bits per heavy atom. The van der Waals surface area contributed by atoms with E-state index in [1.54, 1.807) is 0 Å². The Labute approximate surface area is 93.8 Å². The molecular weight excluding hydrogens is 218 g/mol. The van der Waals surface area contributed by atoms with Gasteiger partial charge in [-0.2, -0.15) is 8.78 Å². The standard InChI is InChI=1S/C11H18F2O3/c1-7-4-8(6-10(2,3)5-7)16-11(12,13)9(14)15/h7-8H,4-6H2,1-3H3,(H,14,15). The summed E-state index contributed by atoms with van der Waals surface area (Å²) in [6.45, 7) is 5.94. The van der Waals surface area contributed by atoms with Crippen LogP contribution in [0, 0.1) is 11.3 Å². The molecule has 1 fully saturated rings. The van der Waals surface area contributed by atoms with Gasteiger partial charge in [0, 0.05) is 0 Å². The molecule has 0 amide bonds. The molecule has 1 saturated carbocycles. The van der Waals surface area contributed by atoms with Crippen LogP contribution in [-0.4, -0.2) is 23.3 Å². The van der Waals surface area contributed by atoms with Crippen LogP contribution in [0.4, 0.5) is 8.78 Å². The Balaban J connectivity index is 2.64.